The monoisotopic (exact) mass is 678 g/mol. The number of furan rings is 1. The van der Waals surface area contributed by atoms with E-state index in [9.17, 15) is 0 Å². The zero-order valence-electron chi connectivity index (χ0n) is 29.3. The van der Waals surface area contributed by atoms with E-state index in [1.54, 1.807) is 5.57 Å². The van der Waals surface area contributed by atoms with Crippen LogP contribution in [0.1, 0.15) is 72.8 Å². The largest absolute Gasteiger partial charge is 0.483 e. The maximum atomic E-state index is 6.77. The van der Waals surface area contributed by atoms with Crippen LogP contribution in [0.4, 0.5) is 11.4 Å². The minimum absolute atomic E-state index is 0.121. The highest BCUT2D eigenvalue weighted by Crippen LogP contribution is 2.56. The lowest BCUT2D eigenvalue weighted by molar-refractivity contribution is 0.171. The molecule has 4 nitrogen and oxygen atoms in total. The SMILES string of the molecule is C1=CC2OC3=C(N4C5=C(CC(c6cccc7c6C6C=CC=CC6N7c6ccc7oc8c(c7c6)C=CCC8)C=C5)C5CCC=CC54)CCC=C3C2C=C1. The molecule has 7 atom stereocenters. The summed E-state index contributed by atoms with van der Waals surface area (Å²) < 4.78 is 13.1. The van der Waals surface area contributed by atoms with E-state index in [1.165, 1.54) is 56.8 Å². The first kappa shape index (κ1) is 29.4. The Kier molecular flexibility index (Phi) is 6.29. The van der Waals surface area contributed by atoms with Crippen LogP contribution in [-0.4, -0.2) is 23.1 Å². The lowest BCUT2D eigenvalue weighted by Gasteiger charge is -2.35. The average molecular weight is 679 g/mol. The number of hydrogen-bond acceptors (Lipinski definition) is 4. The maximum Gasteiger partial charge on any atom is 0.143 e. The minimum Gasteiger partial charge on any atom is -0.483 e. The fraction of sp³-hybridized carbons (Fsp3) is 0.292. The van der Waals surface area contributed by atoms with E-state index in [4.69, 9.17) is 9.15 Å². The van der Waals surface area contributed by atoms with E-state index in [0.29, 0.717) is 29.7 Å². The number of fused-ring (bicyclic) bond motifs is 11. The Hall–Kier alpha value is -5.22. The molecule has 0 N–H and O–H groups in total. The highest BCUT2D eigenvalue weighted by molar-refractivity contribution is 5.93. The zero-order chi connectivity index (χ0) is 33.9. The molecule has 0 saturated carbocycles. The summed E-state index contributed by atoms with van der Waals surface area (Å²) in [6.07, 6.45) is 42.9. The Morgan fingerprint density at radius 1 is 0.750 bits per heavy atom. The average Bonchev–Trinajstić information content (AvgIpc) is 3.95. The second-order valence-corrected chi connectivity index (χ2v) is 15.9. The molecule has 0 radical (unpaired) electrons. The fourth-order valence-electron chi connectivity index (χ4n) is 11.1. The molecule has 6 aliphatic carbocycles. The molecule has 3 aromatic rings. The van der Waals surface area contributed by atoms with Gasteiger partial charge in [-0.3, -0.25) is 0 Å². The molecule has 52 heavy (non-hydrogen) atoms. The Morgan fingerprint density at radius 3 is 2.65 bits per heavy atom. The van der Waals surface area contributed by atoms with Gasteiger partial charge in [-0.25, -0.2) is 0 Å². The molecule has 3 aliphatic heterocycles. The highest BCUT2D eigenvalue weighted by atomic mass is 16.5. The molecule has 7 unspecified atom stereocenters. The predicted octanol–water partition coefficient (Wildman–Crippen LogP) is 11.1. The van der Waals surface area contributed by atoms with Crippen molar-refractivity contribution in [3.8, 4) is 0 Å². The van der Waals surface area contributed by atoms with Gasteiger partial charge in [0.05, 0.1) is 17.8 Å². The quantitative estimate of drug-likeness (QED) is 0.258. The fourth-order valence-corrected chi connectivity index (χ4v) is 11.1. The van der Waals surface area contributed by atoms with Gasteiger partial charge >= 0.3 is 0 Å². The third kappa shape index (κ3) is 4.09. The van der Waals surface area contributed by atoms with E-state index in [1.807, 2.05) is 0 Å². The summed E-state index contributed by atoms with van der Waals surface area (Å²) in [4.78, 5) is 5.30. The van der Waals surface area contributed by atoms with E-state index < -0.39 is 0 Å². The summed E-state index contributed by atoms with van der Waals surface area (Å²) in [6, 6.07) is 14.5. The standard InChI is InChI=1S/C48H42N2O2/c1-5-17-39-32(11-1)37-27-29(23-25-41(37)50(39)43-20-10-16-35-33-12-3-8-22-45(33)52-48(35)43)31-15-9-19-42-47(31)36-14-2-6-18-40(36)49(42)30-24-26-46-38(28-30)34-13-4-7-21-44(34)51-46/h2-6,8-9,12-19,22-26,28-29,32-33,36,39-40,45H,1,7,10-11,20-21,27H2. The third-order valence-corrected chi connectivity index (χ3v) is 13.3. The first-order valence-corrected chi connectivity index (χ1v) is 19.6. The van der Waals surface area contributed by atoms with Crippen molar-refractivity contribution in [2.45, 2.75) is 75.0 Å². The summed E-state index contributed by atoms with van der Waals surface area (Å²) in [7, 11) is 0. The number of anilines is 2. The third-order valence-electron chi connectivity index (χ3n) is 13.3. The molecule has 4 heterocycles. The van der Waals surface area contributed by atoms with Crippen LogP contribution in [0.2, 0.25) is 0 Å². The smallest absolute Gasteiger partial charge is 0.143 e. The maximum absolute atomic E-state index is 6.77. The van der Waals surface area contributed by atoms with E-state index >= 15 is 0 Å². The molecule has 12 rings (SSSR count). The van der Waals surface area contributed by atoms with Crippen molar-refractivity contribution in [2.24, 2.45) is 11.8 Å². The molecular weight excluding hydrogens is 637 g/mol. The normalized spacial score (nSPS) is 31.4. The minimum atomic E-state index is 0.121. The predicted molar refractivity (Wildman–Crippen MR) is 209 cm³/mol. The number of rotatable bonds is 3. The Labute approximate surface area is 305 Å². The number of aryl methyl sites for hydroxylation is 1. The molecule has 9 aliphatic rings. The van der Waals surface area contributed by atoms with Gasteiger partial charge in [0.2, 0.25) is 0 Å². The molecule has 4 heteroatoms. The molecule has 0 bridgehead atoms. The molecule has 1 saturated heterocycles. The highest BCUT2D eigenvalue weighted by Gasteiger charge is 2.47. The van der Waals surface area contributed by atoms with Crippen LogP contribution in [0.3, 0.4) is 0 Å². The zero-order valence-corrected chi connectivity index (χ0v) is 29.3. The summed E-state index contributed by atoms with van der Waals surface area (Å²) in [5.41, 5.74) is 13.7. The molecule has 0 spiro atoms. The number of ether oxygens (including phenoxy) is 1. The van der Waals surface area contributed by atoms with Gasteiger partial charge in [0.25, 0.3) is 0 Å². The summed E-state index contributed by atoms with van der Waals surface area (Å²) in [6.45, 7) is 0. The van der Waals surface area contributed by atoms with Gasteiger partial charge < -0.3 is 19.0 Å². The second kappa shape index (κ2) is 11.1. The van der Waals surface area contributed by atoms with Crippen molar-refractivity contribution in [3.05, 3.63) is 172 Å². The van der Waals surface area contributed by atoms with Gasteiger partial charge in [-0.15, -0.1) is 0 Å². The van der Waals surface area contributed by atoms with Crippen molar-refractivity contribution >= 4 is 28.4 Å². The second-order valence-electron chi connectivity index (χ2n) is 15.9. The number of benzene rings is 2. The summed E-state index contributed by atoms with van der Waals surface area (Å²) in [5.74, 6) is 3.80. The number of hydrogen-bond donors (Lipinski definition) is 0. The van der Waals surface area contributed by atoms with Crippen LogP contribution in [0.15, 0.2) is 154 Å². The Bertz CT molecular complexity index is 2380. The van der Waals surface area contributed by atoms with Crippen molar-refractivity contribution < 1.29 is 9.15 Å². The first-order chi connectivity index (χ1) is 25.8. The molecule has 2 aromatic carbocycles. The van der Waals surface area contributed by atoms with Crippen LogP contribution in [-0.2, 0) is 11.2 Å². The van der Waals surface area contributed by atoms with E-state index in [0.717, 1.165) is 55.6 Å². The van der Waals surface area contributed by atoms with Gasteiger partial charge in [0.15, 0.2) is 0 Å². The van der Waals surface area contributed by atoms with Crippen LogP contribution >= 0.6 is 0 Å². The number of nitrogens with zero attached hydrogens (tertiary/aromatic N) is 2. The van der Waals surface area contributed by atoms with E-state index in [2.05, 4.69) is 137 Å². The first-order valence-electron chi connectivity index (χ1n) is 19.6. The van der Waals surface area contributed by atoms with Gasteiger partial charge in [-0.05, 0) is 91.6 Å². The van der Waals surface area contributed by atoms with Gasteiger partial charge in [0.1, 0.15) is 23.2 Å². The lowest BCUT2D eigenvalue weighted by atomic mass is 9.76. The molecule has 1 fully saturated rings. The Balaban J connectivity index is 0.932. The van der Waals surface area contributed by atoms with Gasteiger partial charge in [0, 0.05) is 63.7 Å². The van der Waals surface area contributed by atoms with Crippen LogP contribution in [0, 0.1) is 11.8 Å². The topological polar surface area (TPSA) is 28.9 Å². The van der Waals surface area contributed by atoms with Gasteiger partial charge in [-0.2, -0.15) is 0 Å². The van der Waals surface area contributed by atoms with Gasteiger partial charge in [-0.1, -0.05) is 91.1 Å². The lowest BCUT2D eigenvalue weighted by Crippen LogP contribution is -2.34. The van der Waals surface area contributed by atoms with Crippen LogP contribution in [0.5, 0.6) is 0 Å². The van der Waals surface area contributed by atoms with Crippen LogP contribution in [0.25, 0.3) is 17.0 Å². The molecule has 1 aromatic heterocycles. The molecule has 0 amide bonds. The Morgan fingerprint density at radius 2 is 1.67 bits per heavy atom. The van der Waals surface area contributed by atoms with E-state index in [-0.39, 0.29) is 12.1 Å². The summed E-state index contributed by atoms with van der Waals surface area (Å²) in [5, 5.41) is 1.22. The molecular formula is C48H42N2O2. The van der Waals surface area contributed by atoms with Crippen molar-refractivity contribution in [2.75, 3.05) is 4.90 Å². The van der Waals surface area contributed by atoms with Crippen LogP contribution < -0.4 is 4.90 Å². The van der Waals surface area contributed by atoms with Crippen molar-refractivity contribution in [3.63, 3.8) is 0 Å². The summed E-state index contributed by atoms with van der Waals surface area (Å²) >= 11 is 0. The van der Waals surface area contributed by atoms with Crippen molar-refractivity contribution in [1.29, 1.82) is 0 Å². The van der Waals surface area contributed by atoms with Crippen molar-refractivity contribution in [1.82, 2.24) is 4.90 Å². The molecule has 256 valence electrons. The number of allylic oxidation sites excluding steroid dienone is 11.